The van der Waals surface area contributed by atoms with Crippen LogP contribution in [0.4, 0.5) is 5.69 Å². The number of aryl methyl sites for hydroxylation is 1. The number of aromatic nitrogens is 2. The highest BCUT2D eigenvalue weighted by Gasteiger charge is 2.27. The van der Waals surface area contributed by atoms with Crippen molar-refractivity contribution < 1.29 is 0 Å². The van der Waals surface area contributed by atoms with Crippen molar-refractivity contribution in [1.29, 1.82) is 0 Å². The molecule has 1 saturated heterocycles. The summed E-state index contributed by atoms with van der Waals surface area (Å²) in [6.45, 7) is 6.37. The molecule has 29 heavy (non-hydrogen) atoms. The number of allylic oxidation sites excluding steroid dienone is 1. The zero-order valence-corrected chi connectivity index (χ0v) is 16.8. The Morgan fingerprint density at radius 2 is 1.86 bits per heavy atom. The molecule has 5 nitrogen and oxygen atoms in total. The standard InChI is InChI=1S/C24H26N4O/c1-17-4-7-19(8-5-17)27-11-13-28(14-12-27)20-9-6-18(15-20)22-16-23-21(24(29)26-22)3-2-10-25-23/h2-5,7-8,10,15-16,20H,6,9,11-14H2,1H3,(H,26,29). The highest BCUT2D eigenvalue weighted by Crippen LogP contribution is 2.31. The van der Waals surface area contributed by atoms with Gasteiger partial charge in [-0.1, -0.05) is 23.8 Å². The Bertz CT molecular complexity index is 1110. The summed E-state index contributed by atoms with van der Waals surface area (Å²) in [5.74, 6) is 0. The Hall–Kier alpha value is -2.92. The molecule has 1 aromatic carbocycles. The second kappa shape index (κ2) is 7.48. The highest BCUT2D eigenvalue weighted by atomic mass is 16.1. The first-order chi connectivity index (χ1) is 14.2. The van der Waals surface area contributed by atoms with Crippen molar-refractivity contribution in [2.24, 2.45) is 0 Å². The molecule has 1 fully saturated rings. The lowest BCUT2D eigenvalue weighted by Crippen LogP contribution is -2.49. The van der Waals surface area contributed by atoms with E-state index in [2.05, 4.69) is 57.0 Å². The van der Waals surface area contributed by atoms with Crippen LogP contribution >= 0.6 is 0 Å². The number of benzene rings is 1. The first-order valence-corrected chi connectivity index (χ1v) is 10.4. The fraction of sp³-hybridized carbons (Fsp3) is 0.333. The summed E-state index contributed by atoms with van der Waals surface area (Å²) in [7, 11) is 0. The van der Waals surface area contributed by atoms with Gasteiger partial charge in [-0.3, -0.25) is 14.7 Å². The molecule has 3 aromatic rings. The van der Waals surface area contributed by atoms with E-state index in [4.69, 9.17) is 0 Å². The molecule has 1 unspecified atom stereocenters. The molecule has 1 atom stereocenters. The van der Waals surface area contributed by atoms with E-state index in [0.29, 0.717) is 11.4 Å². The molecule has 0 amide bonds. The van der Waals surface area contributed by atoms with Gasteiger partial charge < -0.3 is 9.88 Å². The number of nitrogens with zero attached hydrogens (tertiary/aromatic N) is 3. The fourth-order valence-electron chi connectivity index (χ4n) is 4.54. The largest absolute Gasteiger partial charge is 0.369 e. The van der Waals surface area contributed by atoms with E-state index < -0.39 is 0 Å². The third-order valence-electron chi connectivity index (χ3n) is 6.24. The average molecular weight is 386 g/mol. The van der Waals surface area contributed by atoms with Gasteiger partial charge in [0.15, 0.2) is 0 Å². The number of pyridine rings is 2. The Kier molecular flexibility index (Phi) is 4.68. The van der Waals surface area contributed by atoms with E-state index >= 15 is 0 Å². The van der Waals surface area contributed by atoms with Crippen molar-refractivity contribution in [3.63, 3.8) is 0 Å². The Balaban J connectivity index is 1.29. The normalized spacial score (nSPS) is 20.2. The summed E-state index contributed by atoms with van der Waals surface area (Å²) in [4.78, 5) is 24.9. The number of aromatic amines is 1. The van der Waals surface area contributed by atoms with Gasteiger partial charge in [0.05, 0.1) is 10.9 Å². The number of anilines is 1. The van der Waals surface area contributed by atoms with Gasteiger partial charge in [0.1, 0.15) is 0 Å². The van der Waals surface area contributed by atoms with Crippen molar-refractivity contribution >= 4 is 22.2 Å². The van der Waals surface area contributed by atoms with Crippen LogP contribution in [0.5, 0.6) is 0 Å². The molecular formula is C24H26N4O. The summed E-state index contributed by atoms with van der Waals surface area (Å²) in [5, 5.41) is 0.652. The van der Waals surface area contributed by atoms with Crippen molar-refractivity contribution in [2.75, 3.05) is 31.1 Å². The van der Waals surface area contributed by atoms with Crippen LogP contribution in [0.15, 0.2) is 59.5 Å². The van der Waals surface area contributed by atoms with Gasteiger partial charge >= 0.3 is 0 Å². The van der Waals surface area contributed by atoms with Gasteiger partial charge in [0.2, 0.25) is 0 Å². The van der Waals surface area contributed by atoms with Crippen molar-refractivity contribution in [2.45, 2.75) is 25.8 Å². The summed E-state index contributed by atoms with van der Waals surface area (Å²) < 4.78 is 0. The Morgan fingerprint density at radius 1 is 1.07 bits per heavy atom. The molecule has 2 aromatic heterocycles. The quantitative estimate of drug-likeness (QED) is 0.747. The Morgan fingerprint density at radius 3 is 2.66 bits per heavy atom. The maximum Gasteiger partial charge on any atom is 0.257 e. The summed E-state index contributed by atoms with van der Waals surface area (Å²) >= 11 is 0. The minimum atomic E-state index is -0.0540. The number of nitrogens with one attached hydrogen (secondary N) is 1. The van der Waals surface area contributed by atoms with E-state index in [1.165, 1.54) is 16.8 Å². The summed E-state index contributed by atoms with van der Waals surface area (Å²) in [5.41, 5.74) is 5.49. The van der Waals surface area contributed by atoms with Gasteiger partial charge in [-0.05, 0) is 55.7 Å². The number of H-pyrrole nitrogens is 1. The predicted octanol–water partition coefficient (Wildman–Crippen LogP) is 3.60. The second-order valence-electron chi connectivity index (χ2n) is 8.10. The number of hydrogen-bond donors (Lipinski definition) is 1. The zero-order chi connectivity index (χ0) is 19.8. The van der Waals surface area contributed by atoms with Crippen LogP contribution in [0.1, 0.15) is 24.1 Å². The molecule has 3 heterocycles. The Labute approximate surface area is 170 Å². The van der Waals surface area contributed by atoms with Gasteiger partial charge in [0, 0.05) is 49.8 Å². The van der Waals surface area contributed by atoms with Crippen LogP contribution in [-0.4, -0.2) is 47.1 Å². The third kappa shape index (κ3) is 3.58. The minimum Gasteiger partial charge on any atom is -0.369 e. The monoisotopic (exact) mass is 386 g/mol. The van der Waals surface area contributed by atoms with Gasteiger partial charge in [-0.25, -0.2) is 0 Å². The molecule has 1 aliphatic heterocycles. The number of hydrogen-bond acceptors (Lipinski definition) is 4. The van der Waals surface area contributed by atoms with E-state index in [-0.39, 0.29) is 5.56 Å². The smallest absolute Gasteiger partial charge is 0.257 e. The molecular weight excluding hydrogens is 360 g/mol. The first-order valence-electron chi connectivity index (χ1n) is 10.4. The molecule has 1 aliphatic carbocycles. The number of fused-ring (bicyclic) bond motifs is 1. The molecule has 0 spiro atoms. The topological polar surface area (TPSA) is 52.2 Å². The first kappa shape index (κ1) is 18.1. The SMILES string of the molecule is Cc1ccc(N2CCN(C3C=C(c4cc5ncccc5c(=O)[nH]4)CC3)CC2)cc1. The lowest BCUT2D eigenvalue weighted by molar-refractivity contribution is 0.214. The third-order valence-corrected chi connectivity index (χ3v) is 6.24. The highest BCUT2D eigenvalue weighted by molar-refractivity contribution is 5.81. The van der Waals surface area contributed by atoms with Crippen molar-refractivity contribution in [3.8, 4) is 0 Å². The van der Waals surface area contributed by atoms with Crippen molar-refractivity contribution in [1.82, 2.24) is 14.9 Å². The van der Waals surface area contributed by atoms with Gasteiger partial charge in [-0.15, -0.1) is 0 Å². The lowest BCUT2D eigenvalue weighted by atomic mass is 10.1. The van der Waals surface area contributed by atoms with Crippen LogP contribution in [-0.2, 0) is 0 Å². The number of piperazine rings is 1. The average Bonchev–Trinajstić information content (AvgIpc) is 3.25. The molecule has 0 saturated carbocycles. The van der Waals surface area contributed by atoms with Gasteiger partial charge in [0.25, 0.3) is 5.56 Å². The molecule has 148 valence electrons. The van der Waals surface area contributed by atoms with Crippen LogP contribution in [0.2, 0.25) is 0 Å². The second-order valence-corrected chi connectivity index (χ2v) is 8.10. The van der Waals surface area contributed by atoms with Crippen molar-refractivity contribution in [3.05, 3.63) is 76.3 Å². The summed E-state index contributed by atoms with van der Waals surface area (Å²) in [6.07, 6.45) is 6.20. The van der Waals surface area contributed by atoms with Crippen LogP contribution in [0.25, 0.3) is 16.5 Å². The van der Waals surface area contributed by atoms with Gasteiger partial charge in [-0.2, -0.15) is 0 Å². The maximum atomic E-state index is 12.4. The maximum absolute atomic E-state index is 12.4. The zero-order valence-electron chi connectivity index (χ0n) is 16.8. The fourth-order valence-corrected chi connectivity index (χ4v) is 4.54. The lowest BCUT2D eigenvalue weighted by Gasteiger charge is -2.38. The van der Waals surface area contributed by atoms with Crippen LogP contribution in [0.3, 0.4) is 0 Å². The van der Waals surface area contributed by atoms with E-state index in [1.807, 2.05) is 12.1 Å². The van der Waals surface area contributed by atoms with Crippen LogP contribution < -0.4 is 10.5 Å². The predicted molar refractivity (Wildman–Crippen MR) is 118 cm³/mol. The molecule has 0 radical (unpaired) electrons. The molecule has 5 heteroatoms. The molecule has 5 rings (SSSR count). The van der Waals surface area contributed by atoms with Crippen LogP contribution in [0, 0.1) is 6.92 Å². The molecule has 0 bridgehead atoms. The molecule has 1 N–H and O–H groups in total. The van der Waals surface area contributed by atoms with E-state index in [1.54, 1.807) is 12.3 Å². The van der Waals surface area contributed by atoms with E-state index in [0.717, 1.165) is 50.2 Å². The summed E-state index contributed by atoms with van der Waals surface area (Å²) in [6, 6.07) is 14.9. The van der Waals surface area contributed by atoms with E-state index in [9.17, 15) is 4.79 Å². The number of rotatable bonds is 3. The molecule has 2 aliphatic rings. The minimum absolute atomic E-state index is 0.0540.